The predicted octanol–water partition coefficient (Wildman–Crippen LogP) is 1.44. The molecule has 1 aromatic rings. The molecule has 4 nitrogen and oxygen atoms in total. The fourth-order valence-electron chi connectivity index (χ4n) is 2.37. The number of hydrogen-bond acceptors (Lipinski definition) is 3. The minimum absolute atomic E-state index is 0.0122. The molecular formula is C14H19NO3S. The normalized spacial score (nSPS) is 21.2. The van der Waals surface area contributed by atoms with Crippen LogP contribution in [0.5, 0.6) is 0 Å². The third-order valence-corrected chi connectivity index (χ3v) is 5.38. The number of benzene rings is 1. The molecule has 1 saturated heterocycles. The van der Waals surface area contributed by atoms with Gasteiger partial charge in [0, 0.05) is 13.0 Å². The van der Waals surface area contributed by atoms with Crippen molar-refractivity contribution >= 4 is 15.7 Å². The highest BCUT2D eigenvalue weighted by Gasteiger charge is 2.29. The van der Waals surface area contributed by atoms with Gasteiger partial charge in [0.2, 0.25) is 5.91 Å². The van der Waals surface area contributed by atoms with Crippen LogP contribution in [0.2, 0.25) is 0 Å². The Balaban J connectivity index is 1.81. The van der Waals surface area contributed by atoms with Gasteiger partial charge in [-0.2, -0.15) is 0 Å². The maximum atomic E-state index is 11.8. The molecule has 1 fully saturated rings. The molecule has 0 aromatic heterocycles. The van der Waals surface area contributed by atoms with E-state index in [9.17, 15) is 13.2 Å². The average molecular weight is 281 g/mol. The van der Waals surface area contributed by atoms with Gasteiger partial charge in [-0.05, 0) is 30.4 Å². The molecule has 2 rings (SSSR count). The van der Waals surface area contributed by atoms with E-state index >= 15 is 0 Å². The van der Waals surface area contributed by atoms with Crippen LogP contribution in [-0.2, 0) is 21.2 Å². The van der Waals surface area contributed by atoms with Gasteiger partial charge in [0.15, 0.2) is 9.84 Å². The minimum Gasteiger partial charge on any atom is -0.352 e. The Hall–Kier alpha value is -1.36. The summed E-state index contributed by atoms with van der Waals surface area (Å²) in [4.78, 5) is 11.8. The summed E-state index contributed by atoms with van der Waals surface area (Å²) < 4.78 is 22.6. The topological polar surface area (TPSA) is 63.2 Å². The van der Waals surface area contributed by atoms with Gasteiger partial charge in [-0.15, -0.1) is 0 Å². The lowest BCUT2D eigenvalue weighted by Crippen LogP contribution is -2.25. The summed E-state index contributed by atoms with van der Waals surface area (Å²) in [6.07, 6.45) is 0.922. The van der Waals surface area contributed by atoms with Gasteiger partial charge in [0.1, 0.15) is 0 Å². The van der Waals surface area contributed by atoms with Crippen LogP contribution >= 0.6 is 0 Å². The van der Waals surface area contributed by atoms with Crippen LogP contribution in [0, 0.1) is 12.8 Å². The van der Waals surface area contributed by atoms with E-state index in [2.05, 4.69) is 5.32 Å². The Bertz CT molecular complexity index is 566. The van der Waals surface area contributed by atoms with Crippen molar-refractivity contribution in [1.82, 2.24) is 5.32 Å². The third kappa shape index (κ3) is 4.06. The lowest BCUT2D eigenvalue weighted by molar-refractivity contribution is -0.122. The second-order valence-electron chi connectivity index (χ2n) is 5.18. The predicted molar refractivity (Wildman–Crippen MR) is 74.4 cm³/mol. The van der Waals surface area contributed by atoms with Crippen LogP contribution in [0.1, 0.15) is 24.0 Å². The van der Waals surface area contributed by atoms with E-state index < -0.39 is 9.84 Å². The molecule has 104 valence electrons. The molecule has 1 aliphatic heterocycles. The lowest BCUT2D eigenvalue weighted by Gasteiger charge is -2.10. The summed E-state index contributed by atoms with van der Waals surface area (Å²) in [5.41, 5.74) is 2.24. The summed E-state index contributed by atoms with van der Waals surface area (Å²) >= 11 is 0. The highest BCUT2D eigenvalue weighted by atomic mass is 32.2. The van der Waals surface area contributed by atoms with Crippen molar-refractivity contribution in [2.24, 2.45) is 5.92 Å². The Morgan fingerprint density at radius 2 is 2.11 bits per heavy atom. The van der Waals surface area contributed by atoms with Gasteiger partial charge >= 0.3 is 0 Å². The molecule has 1 heterocycles. The fraction of sp³-hybridized carbons (Fsp3) is 0.500. The fourth-order valence-corrected chi connectivity index (χ4v) is 4.23. The third-order valence-electron chi connectivity index (χ3n) is 3.54. The standard InChI is InChI=1S/C14H19NO3S/c1-11-4-2-3-5-13(11)9-15-14(16)8-12-6-7-19(17,18)10-12/h2-5,12H,6-10H2,1H3,(H,15,16)/t12-/m1/s1. The van der Waals surface area contributed by atoms with Crippen molar-refractivity contribution in [1.29, 1.82) is 0 Å². The average Bonchev–Trinajstić information content (AvgIpc) is 2.67. The summed E-state index contributed by atoms with van der Waals surface area (Å²) in [6, 6.07) is 7.89. The number of sulfone groups is 1. The van der Waals surface area contributed by atoms with Gasteiger partial charge in [-0.1, -0.05) is 24.3 Å². The largest absolute Gasteiger partial charge is 0.352 e. The maximum absolute atomic E-state index is 11.8. The summed E-state index contributed by atoms with van der Waals surface area (Å²) in [5, 5.41) is 2.86. The van der Waals surface area contributed by atoms with E-state index in [1.807, 2.05) is 31.2 Å². The Labute approximate surface area is 114 Å². The molecule has 1 aliphatic rings. The number of nitrogens with one attached hydrogen (secondary N) is 1. The molecule has 5 heteroatoms. The van der Waals surface area contributed by atoms with Crippen molar-refractivity contribution in [3.05, 3.63) is 35.4 Å². The molecule has 1 aromatic carbocycles. The highest BCUT2D eigenvalue weighted by molar-refractivity contribution is 7.91. The molecule has 0 aliphatic carbocycles. The van der Waals surface area contributed by atoms with Gasteiger partial charge in [0.05, 0.1) is 11.5 Å². The molecule has 1 atom stereocenters. The van der Waals surface area contributed by atoms with Gasteiger partial charge in [-0.3, -0.25) is 4.79 Å². The highest BCUT2D eigenvalue weighted by Crippen LogP contribution is 2.21. The zero-order valence-corrected chi connectivity index (χ0v) is 11.9. The van der Waals surface area contributed by atoms with Crippen molar-refractivity contribution in [3.63, 3.8) is 0 Å². The SMILES string of the molecule is Cc1ccccc1CNC(=O)C[C@H]1CCS(=O)(=O)C1. The molecule has 0 unspecified atom stereocenters. The number of aryl methyl sites for hydroxylation is 1. The van der Waals surface area contributed by atoms with Crippen LogP contribution in [0.3, 0.4) is 0 Å². The van der Waals surface area contributed by atoms with Crippen molar-refractivity contribution in [3.8, 4) is 0 Å². The zero-order valence-electron chi connectivity index (χ0n) is 11.1. The first-order valence-corrected chi connectivity index (χ1v) is 8.30. The molecule has 0 saturated carbocycles. The number of hydrogen-bond donors (Lipinski definition) is 1. The maximum Gasteiger partial charge on any atom is 0.220 e. The second-order valence-corrected chi connectivity index (χ2v) is 7.41. The van der Waals surface area contributed by atoms with Crippen LogP contribution in [-0.4, -0.2) is 25.8 Å². The number of rotatable bonds is 4. The van der Waals surface area contributed by atoms with Crippen LogP contribution in [0.15, 0.2) is 24.3 Å². The molecule has 0 spiro atoms. The van der Waals surface area contributed by atoms with Gasteiger partial charge in [0.25, 0.3) is 0 Å². The first-order valence-electron chi connectivity index (χ1n) is 6.48. The van der Waals surface area contributed by atoms with E-state index in [1.165, 1.54) is 0 Å². The second kappa shape index (κ2) is 5.74. The van der Waals surface area contributed by atoms with Gasteiger partial charge in [-0.25, -0.2) is 8.42 Å². The van der Waals surface area contributed by atoms with Crippen molar-refractivity contribution in [2.45, 2.75) is 26.3 Å². The van der Waals surface area contributed by atoms with Crippen LogP contribution < -0.4 is 5.32 Å². The lowest BCUT2D eigenvalue weighted by atomic mass is 10.0. The Kier molecular flexibility index (Phi) is 4.24. The van der Waals surface area contributed by atoms with Gasteiger partial charge < -0.3 is 5.32 Å². The quantitative estimate of drug-likeness (QED) is 0.908. The number of carbonyl (C=O) groups excluding carboxylic acids is 1. The van der Waals surface area contributed by atoms with E-state index in [1.54, 1.807) is 0 Å². The monoisotopic (exact) mass is 281 g/mol. The molecule has 1 N–H and O–H groups in total. The number of carbonyl (C=O) groups is 1. The van der Waals surface area contributed by atoms with Crippen LogP contribution in [0.4, 0.5) is 0 Å². The number of amides is 1. The van der Waals surface area contributed by atoms with Crippen LogP contribution in [0.25, 0.3) is 0 Å². The van der Waals surface area contributed by atoms with Crippen molar-refractivity contribution < 1.29 is 13.2 Å². The Morgan fingerprint density at radius 3 is 2.74 bits per heavy atom. The van der Waals surface area contributed by atoms with E-state index in [-0.39, 0.29) is 23.3 Å². The molecular weight excluding hydrogens is 262 g/mol. The molecule has 0 radical (unpaired) electrons. The first-order chi connectivity index (χ1) is 8.96. The molecule has 0 bridgehead atoms. The summed E-state index contributed by atoms with van der Waals surface area (Å²) in [7, 11) is -2.89. The van der Waals surface area contributed by atoms with E-state index in [0.29, 0.717) is 19.4 Å². The zero-order chi connectivity index (χ0) is 13.9. The molecule has 19 heavy (non-hydrogen) atoms. The summed E-state index contributed by atoms with van der Waals surface area (Å²) in [6.45, 7) is 2.51. The van der Waals surface area contributed by atoms with E-state index in [0.717, 1.165) is 11.1 Å². The smallest absolute Gasteiger partial charge is 0.220 e. The summed E-state index contributed by atoms with van der Waals surface area (Å²) in [5.74, 6) is 0.306. The molecule has 1 amide bonds. The van der Waals surface area contributed by atoms with Crippen molar-refractivity contribution in [2.75, 3.05) is 11.5 Å². The first kappa shape index (κ1) is 14.1. The Morgan fingerprint density at radius 1 is 1.37 bits per heavy atom. The van der Waals surface area contributed by atoms with E-state index in [4.69, 9.17) is 0 Å². The minimum atomic E-state index is -2.89.